The van der Waals surface area contributed by atoms with Crippen LogP contribution in [0.15, 0.2) is 24.3 Å². The molecule has 1 saturated carbocycles. The summed E-state index contributed by atoms with van der Waals surface area (Å²) < 4.78 is 14.2. The zero-order chi connectivity index (χ0) is 19.0. The molecule has 6 heteroatoms. The molecule has 2 rings (SSSR count). The molecule has 1 aromatic carbocycles. The van der Waals surface area contributed by atoms with Gasteiger partial charge in [-0.1, -0.05) is 27.7 Å². The summed E-state index contributed by atoms with van der Waals surface area (Å²) in [5.74, 6) is 0.680. The first-order valence-electron chi connectivity index (χ1n) is 8.58. The number of urea groups is 1. The molecule has 4 nitrogen and oxygen atoms in total. The van der Waals surface area contributed by atoms with Gasteiger partial charge in [0.15, 0.2) is 0 Å². The van der Waals surface area contributed by atoms with Gasteiger partial charge in [0.25, 0.3) is 0 Å². The number of para-hydroxylation sites is 1. The van der Waals surface area contributed by atoms with Gasteiger partial charge in [0.1, 0.15) is 0 Å². The van der Waals surface area contributed by atoms with Crippen molar-refractivity contribution in [3.8, 4) is 0 Å². The summed E-state index contributed by atoms with van der Waals surface area (Å²) in [6.45, 7) is 12.4. The second-order valence-electron chi connectivity index (χ2n) is 5.87. The van der Waals surface area contributed by atoms with Crippen molar-refractivity contribution < 1.29 is 27.0 Å². The summed E-state index contributed by atoms with van der Waals surface area (Å²) in [4.78, 5) is 11.9. The maximum atomic E-state index is 11.9. The van der Waals surface area contributed by atoms with E-state index in [-0.39, 0.29) is 5.41 Å². The molecule has 2 N–H and O–H groups in total. The molecule has 2 amide bonds. The van der Waals surface area contributed by atoms with Crippen molar-refractivity contribution in [3.05, 3.63) is 29.8 Å². The fourth-order valence-corrected chi connectivity index (χ4v) is 3.70. The zero-order valence-electron chi connectivity index (χ0n) is 15.9. The van der Waals surface area contributed by atoms with Gasteiger partial charge in [-0.2, -0.15) is 0 Å². The number of amides is 2. The average Bonchev–Trinajstić information content (AvgIpc) is 3.35. The van der Waals surface area contributed by atoms with Gasteiger partial charge in [0, 0.05) is 0 Å². The molecular formula is C18H32N2O2SW. The molecule has 1 fully saturated rings. The van der Waals surface area contributed by atoms with Crippen LogP contribution in [0.5, 0.6) is 0 Å². The summed E-state index contributed by atoms with van der Waals surface area (Å²) in [7, 11) is -2.22. The molecule has 0 radical (unpaired) electrons. The van der Waals surface area contributed by atoms with Crippen molar-refractivity contribution in [1.82, 2.24) is 4.72 Å². The third kappa shape index (κ3) is 7.48. The summed E-state index contributed by atoms with van der Waals surface area (Å²) in [5, 5.41) is 2.84. The Labute approximate surface area is 157 Å². The minimum atomic E-state index is -2.22. The van der Waals surface area contributed by atoms with E-state index < -0.39 is 13.3 Å². The molecule has 1 atom stereocenters. The average molecular weight is 524 g/mol. The third-order valence-electron chi connectivity index (χ3n) is 3.75. The van der Waals surface area contributed by atoms with Crippen molar-refractivity contribution >= 4 is 19.0 Å². The Morgan fingerprint density at radius 1 is 1.17 bits per heavy atom. The van der Waals surface area contributed by atoms with Crippen LogP contribution < -0.4 is 10.0 Å². The van der Waals surface area contributed by atoms with Crippen molar-refractivity contribution in [1.29, 1.82) is 0 Å². The Morgan fingerprint density at radius 2 is 1.67 bits per heavy atom. The van der Waals surface area contributed by atoms with Crippen molar-refractivity contribution in [2.45, 2.75) is 59.8 Å². The summed E-state index contributed by atoms with van der Waals surface area (Å²) in [6, 6.07) is 7.47. The number of benzene rings is 1. The molecule has 138 valence electrons. The number of carbonyl (C=O) groups is 1. The van der Waals surface area contributed by atoms with Crippen molar-refractivity contribution in [2.75, 3.05) is 11.6 Å². The monoisotopic (exact) mass is 524 g/mol. The SMILES string of the molecule is CC.CC.CC(C)(c1ccccc1NC(=O)N[S](C)(=O)=[W])C1CC1. The molecule has 0 bridgehead atoms. The molecule has 24 heavy (non-hydrogen) atoms. The topological polar surface area (TPSA) is 58.2 Å². The first kappa shape index (κ1) is 23.3. The first-order chi connectivity index (χ1) is 11.2. The number of nitrogens with one attached hydrogen (secondary N) is 2. The Hall–Kier alpha value is -0.672. The minimum absolute atomic E-state index is 0.0506. The van der Waals surface area contributed by atoms with Crippen LogP contribution in [0.25, 0.3) is 0 Å². The summed E-state index contributed by atoms with van der Waals surface area (Å²) in [5.41, 5.74) is 2.00. The van der Waals surface area contributed by atoms with Crippen molar-refractivity contribution in [3.63, 3.8) is 0 Å². The van der Waals surface area contributed by atoms with Gasteiger partial charge in [-0.05, 0) is 0 Å². The normalized spacial score (nSPS) is 15.6. The van der Waals surface area contributed by atoms with Gasteiger partial charge >= 0.3 is 130 Å². The van der Waals surface area contributed by atoms with Gasteiger partial charge in [0.05, 0.1) is 0 Å². The molecule has 0 aromatic heterocycles. The molecule has 1 aliphatic rings. The van der Waals surface area contributed by atoms with Crippen LogP contribution in [0.4, 0.5) is 10.5 Å². The molecule has 0 aliphatic heterocycles. The Morgan fingerprint density at radius 3 is 2.12 bits per heavy atom. The Bertz CT molecular complexity index is 624. The van der Waals surface area contributed by atoms with Crippen LogP contribution in [0, 0.1) is 5.92 Å². The number of anilines is 1. The summed E-state index contributed by atoms with van der Waals surface area (Å²) in [6.07, 6.45) is 4.03. The fourth-order valence-electron chi connectivity index (χ4n) is 2.50. The Balaban J connectivity index is 0.00000123. The predicted molar refractivity (Wildman–Crippen MR) is 101 cm³/mol. The molecule has 0 heterocycles. The van der Waals surface area contributed by atoms with E-state index in [9.17, 15) is 9.00 Å². The van der Waals surface area contributed by atoms with E-state index >= 15 is 0 Å². The number of hydrogen-bond donors (Lipinski definition) is 2. The third-order valence-corrected chi connectivity index (χ3v) is 5.20. The van der Waals surface area contributed by atoms with Crippen LogP contribution in [0.2, 0.25) is 0 Å². The van der Waals surface area contributed by atoms with E-state index in [1.165, 1.54) is 12.8 Å². The number of carbonyl (C=O) groups excluding carboxylic acids is 1. The van der Waals surface area contributed by atoms with Gasteiger partial charge in [-0.25, -0.2) is 0 Å². The second kappa shape index (κ2) is 10.3. The molecule has 0 spiro atoms. The van der Waals surface area contributed by atoms with E-state index in [0.29, 0.717) is 5.92 Å². The van der Waals surface area contributed by atoms with Crippen LogP contribution >= 0.6 is 0 Å². The van der Waals surface area contributed by atoms with Crippen molar-refractivity contribution in [2.24, 2.45) is 5.92 Å². The van der Waals surface area contributed by atoms with Gasteiger partial charge in [0.2, 0.25) is 0 Å². The standard InChI is InChI=1S/C14H20N2O2S.2C2H6.W/c1-14(2,10-8-9-10)11-6-4-5-7-12(11)15-13(17)16-19(3)18;2*1-2;/h4-7,10H,8-9H2,1-3H3,(H2,15,16,17);2*1-2H3;. The van der Waals surface area contributed by atoms with Gasteiger partial charge in [-0.15, -0.1) is 0 Å². The summed E-state index contributed by atoms with van der Waals surface area (Å²) >= 11 is 0.870. The fraction of sp³-hybridized carbons (Fsp3) is 0.611. The van der Waals surface area contributed by atoms with Crippen LogP contribution in [-0.4, -0.2) is 16.5 Å². The van der Waals surface area contributed by atoms with Crippen LogP contribution in [0.1, 0.15) is 59.9 Å². The van der Waals surface area contributed by atoms with Gasteiger partial charge < -0.3 is 0 Å². The molecule has 1 aliphatic carbocycles. The van der Waals surface area contributed by atoms with E-state index in [4.69, 9.17) is 0 Å². The quantitative estimate of drug-likeness (QED) is 0.593. The molecule has 1 aromatic rings. The molecule has 1 unspecified atom stereocenters. The van der Waals surface area contributed by atoms with E-state index in [2.05, 4.69) is 30.0 Å². The first-order valence-corrected chi connectivity index (χ1v) is 14.1. The molecule has 0 saturated heterocycles. The van der Waals surface area contributed by atoms with Crippen LogP contribution in [-0.2, 0) is 30.7 Å². The van der Waals surface area contributed by atoms with Crippen LogP contribution in [0.3, 0.4) is 0 Å². The van der Waals surface area contributed by atoms with E-state index in [1.54, 1.807) is 6.26 Å². The maximum absolute atomic E-state index is 11.9. The number of hydrogen-bond acceptors (Lipinski definition) is 2. The number of rotatable bonds is 4. The van der Waals surface area contributed by atoms with E-state index in [1.807, 2.05) is 45.9 Å². The Kier molecular flexibility index (Phi) is 10.1. The second-order valence-corrected chi connectivity index (χ2v) is 14.5. The zero-order valence-corrected chi connectivity index (χ0v) is 19.7. The van der Waals surface area contributed by atoms with E-state index in [0.717, 1.165) is 29.2 Å². The predicted octanol–water partition coefficient (Wildman–Crippen LogP) is 4.84. The molecular weight excluding hydrogens is 492 g/mol. The van der Waals surface area contributed by atoms with Gasteiger partial charge in [-0.3, -0.25) is 0 Å².